The number of amides is 1. The molecular weight excluding hydrogens is 380 g/mol. The van der Waals surface area contributed by atoms with Gasteiger partial charge in [0.15, 0.2) is 11.3 Å². The molecule has 0 saturated carbocycles. The lowest BCUT2D eigenvalue weighted by Gasteiger charge is -2.34. The van der Waals surface area contributed by atoms with Crippen molar-refractivity contribution in [3.05, 3.63) is 69.7 Å². The van der Waals surface area contributed by atoms with Gasteiger partial charge in [-0.25, -0.2) is 5.01 Å². The number of hydrazone groups is 1. The molecule has 1 N–H and O–H groups in total. The fourth-order valence-electron chi connectivity index (χ4n) is 3.06. The largest absolute Gasteiger partial charge is 0.298 e. The van der Waals surface area contributed by atoms with Crippen LogP contribution in [0.25, 0.3) is 5.70 Å². The lowest BCUT2D eigenvalue weighted by atomic mass is 10.1. The summed E-state index contributed by atoms with van der Waals surface area (Å²) in [4.78, 5) is 17.8. The first-order valence-electron chi connectivity index (χ1n) is 8.92. The molecule has 5 nitrogen and oxygen atoms in total. The molecule has 0 spiro atoms. The Labute approximate surface area is 166 Å². The van der Waals surface area contributed by atoms with Gasteiger partial charge in [0.25, 0.3) is 5.91 Å². The number of rotatable bonds is 4. The molecule has 0 bridgehead atoms. The minimum atomic E-state index is -0.403. The topological polar surface area (TPSA) is 57.1 Å². The highest BCUT2D eigenvalue weighted by Gasteiger charge is 2.34. The summed E-state index contributed by atoms with van der Waals surface area (Å²) in [7, 11) is 0. The molecule has 138 valence electrons. The summed E-state index contributed by atoms with van der Waals surface area (Å²) in [6, 6.07) is 15.2. The Morgan fingerprint density at radius 3 is 2.74 bits per heavy atom. The summed E-state index contributed by atoms with van der Waals surface area (Å²) in [5.74, 6) is 0.767. The van der Waals surface area contributed by atoms with Gasteiger partial charge in [0.05, 0.1) is 5.36 Å². The molecule has 2 aliphatic heterocycles. The zero-order chi connectivity index (χ0) is 18.8. The summed E-state index contributed by atoms with van der Waals surface area (Å²) in [6.45, 7) is 2.14. The molecular formula is C20H19ClN4OS. The van der Waals surface area contributed by atoms with Gasteiger partial charge in [-0.05, 0) is 30.2 Å². The summed E-state index contributed by atoms with van der Waals surface area (Å²) in [5, 5.41) is 12.2. The maximum Gasteiger partial charge on any atom is 0.276 e. The number of para-hydroxylation sites is 1. The number of hydrogen-bond acceptors (Lipinski definition) is 5. The highest BCUT2D eigenvalue weighted by molar-refractivity contribution is 8.13. The van der Waals surface area contributed by atoms with E-state index in [2.05, 4.69) is 12.2 Å². The zero-order valence-electron chi connectivity index (χ0n) is 14.9. The minimum absolute atomic E-state index is 0.148. The van der Waals surface area contributed by atoms with Gasteiger partial charge in [0.2, 0.25) is 0 Å². The summed E-state index contributed by atoms with van der Waals surface area (Å²) in [6.07, 6.45) is 1.77. The van der Waals surface area contributed by atoms with E-state index in [1.54, 1.807) is 16.8 Å². The number of benzene rings is 2. The second kappa shape index (κ2) is 7.74. The molecule has 0 aliphatic carbocycles. The Balaban J connectivity index is 1.83. The number of thioether (sulfide) groups is 1. The average Bonchev–Trinajstić information content (AvgIpc) is 2.68. The van der Waals surface area contributed by atoms with Crippen molar-refractivity contribution in [3.8, 4) is 0 Å². The molecule has 2 aromatic rings. The smallest absolute Gasteiger partial charge is 0.276 e. The van der Waals surface area contributed by atoms with Crippen LogP contribution in [0.15, 0.2) is 58.6 Å². The van der Waals surface area contributed by atoms with Crippen LogP contribution in [0.5, 0.6) is 0 Å². The molecule has 1 amide bonds. The van der Waals surface area contributed by atoms with Crippen LogP contribution in [-0.4, -0.2) is 21.8 Å². The molecule has 7 heteroatoms. The average molecular weight is 399 g/mol. The Morgan fingerprint density at radius 1 is 1.19 bits per heavy atom. The molecule has 2 heterocycles. The maximum absolute atomic E-state index is 12.9. The van der Waals surface area contributed by atoms with Crippen LogP contribution >= 0.6 is 23.4 Å². The maximum atomic E-state index is 12.9. The number of carbonyl (C=O) groups excluding carboxylic acids is 1. The van der Waals surface area contributed by atoms with Gasteiger partial charge in [0, 0.05) is 16.0 Å². The summed E-state index contributed by atoms with van der Waals surface area (Å²) >= 11 is 7.60. The predicted molar refractivity (Wildman–Crippen MR) is 110 cm³/mol. The zero-order valence-corrected chi connectivity index (χ0v) is 16.4. The third-order valence-electron chi connectivity index (χ3n) is 4.42. The second-order valence-corrected chi connectivity index (χ2v) is 7.85. The van der Waals surface area contributed by atoms with Gasteiger partial charge in [0.1, 0.15) is 5.70 Å². The van der Waals surface area contributed by atoms with Crippen LogP contribution in [0, 0.1) is 0 Å². The first kappa shape index (κ1) is 18.1. The fourth-order valence-corrected chi connectivity index (χ4v) is 4.12. The molecule has 27 heavy (non-hydrogen) atoms. The van der Waals surface area contributed by atoms with Crippen molar-refractivity contribution in [1.82, 2.24) is 10.3 Å². The highest BCUT2D eigenvalue weighted by atomic mass is 35.5. The van der Waals surface area contributed by atoms with E-state index >= 15 is 0 Å². The molecule has 4 rings (SSSR count). The van der Waals surface area contributed by atoms with Gasteiger partial charge in [-0.15, -0.1) is 5.10 Å². The lowest BCUT2D eigenvalue weighted by molar-refractivity contribution is -0.116. The van der Waals surface area contributed by atoms with Gasteiger partial charge >= 0.3 is 0 Å². The number of unbranched alkanes of at least 4 members (excludes halogenated alkanes) is 1. The Hall–Kier alpha value is -2.31. The van der Waals surface area contributed by atoms with E-state index in [4.69, 9.17) is 21.7 Å². The van der Waals surface area contributed by atoms with Crippen LogP contribution in [0.4, 0.5) is 0 Å². The minimum Gasteiger partial charge on any atom is -0.298 e. The standard InChI is InChI=1S/C20H19ClN4OS/c1-2-3-12-27-20-23-19(26)17-15-6-4-5-7-16(15)22-18(25(17)24-20)13-8-10-14(21)11-9-13/h4-11,18H,2-3,12H2,1H3,(H,23,24,26)/t18-/m0/s1. The van der Waals surface area contributed by atoms with E-state index in [0.717, 1.165) is 34.7 Å². The van der Waals surface area contributed by atoms with Gasteiger partial charge in [-0.2, -0.15) is 0 Å². The van der Waals surface area contributed by atoms with Crippen LogP contribution < -0.4 is 15.9 Å². The van der Waals surface area contributed by atoms with Gasteiger partial charge in [-0.3, -0.25) is 15.1 Å². The second-order valence-electron chi connectivity index (χ2n) is 6.33. The van der Waals surface area contributed by atoms with E-state index in [1.165, 1.54) is 0 Å². The van der Waals surface area contributed by atoms with Gasteiger partial charge < -0.3 is 0 Å². The van der Waals surface area contributed by atoms with Crippen molar-refractivity contribution >= 4 is 40.1 Å². The quantitative estimate of drug-likeness (QED) is 0.805. The van der Waals surface area contributed by atoms with E-state index in [-0.39, 0.29) is 5.91 Å². The van der Waals surface area contributed by atoms with Crippen molar-refractivity contribution < 1.29 is 4.79 Å². The van der Waals surface area contributed by atoms with Crippen LogP contribution in [0.2, 0.25) is 5.02 Å². The monoisotopic (exact) mass is 398 g/mol. The van der Waals surface area contributed by atoms with Crippen LogP contribution in [-0.2, 0) is 4.79 Å². The summed E-state index contributed by atoms with van der Waals surface area (Å²) < 4.78 is 0. The molecule has 0 saturated heterocycles. The first-order chi connectivity index (χ1) is 13.2. The van der Waals surface area contributed by atoms with Crippen molar-refractivity contribution in [2.75, 3.05) is 5.75 Å². The third kappa shape index (κ3) is 3.59. The molecule has 0 radical (unpaired) electrons. The normalized spacial score (nSPS) is 18.2. The van der Waals surface area contributed by atoms with E-state index < -0.39 is 6.17 Å². The number of fused-ring (bicyclic) bond motifs is 2. The number of amidine groups is 1. The van der Waals surface area contributed by atoms with E-state index in [0.29, 0.717) is 15.9 Å². The van der Waals surface area contributed by atoms with Crippen molar-refractivity contribution in [1.29, 1.82) is 0 Å². The summed E-state index contributed by atoms with van der Waals surface area (Å²) in [5.41, 5.74) is 1.46. The van der Waals surface area contributed by atoms with Crippen LogP contribution in [0.1, 0.15) is 31.5 Å². The van der Waals surface area contributed by atoms with E-state index in [9.17, 15) is 4.79 Å². The number of nitrogens with zero attached hydrogens (tertiary/aromatic N) is 3. The van der Waals surface area contributed by atoms with Crippen molar-refractivity contribution in [3.63, 3.8) is 0 Å². The van der Waals surface area contributed by atoms with E-state index in [1.807, 2.05) is 48.5 Å². The lowest BCUT2D eigenvalue weighted by Crippen LogP contribution is -2.50. The third-order valence-corrected chi connectivity index (χ3v) is 5.62. The van der Waals surface area contributed by atoms with Crippen LogP contribution in [0.3, 0.4) is 0 Å². The molecule has 2 aliphatic rings. The number of hydrogen-bond donors (Lipinski definition) is 1. The first-order valence-corrected chi connectivity index (χ1v) is 10.3. The molecule has 2 aromatic carbocycles. The fraction of sp³-hybridized carbons (Fsp3) is 0.250. The Kier molecular flexibility index (Phi) is 5.18. The Morgan fingerprint density at radius 2 is 1.96 bits per heavy atom. The van der Waals surface area contributed by atoms with Crippen molar-refractivity contribution in [2.24, 2.45) is 10.1 Å². The van der Waals surface area contributed by atoms with Crippen molar-refractivity contribution in [2.45, 2.75) is 25.9 Å². The molecule has 0 aromatic heterocycles. The van der Waals surface area contributed by atoms with Gasteiger partial charge in [-0.1, -0.05) is 67.0 Å². The SMILES string of the molecule is CCCCSC1=NN2C(=c3ccccc3=N[C@@H]2c2ccc(Cl)cc2)C(=O)N1. The number of halogens is 1. The predicted octanol–water partition coefficient (Wildman–Crippen LogP) is 3.02. The molecule has 0 fully saturated rings. The molecule has 0 unspecified atom stereocenters. The number of nitrogens with one attached hydrogen (secondary N) is 1. The Bertz CT molecular complexity index is 1020. The number of carbonyl (C=O) groups is 1. The highest BCUT2D eigenvalue weighted by Crippen LogP contribution is 2.31. The molecule has 1 atom stereocenters.